The molecule has 2 atom stereocenters. The maximum absolute atomic E-state index is 12.1. The molecule has 1 unspecified atom stereocenters. The molecule has 0 spiro atoms. The van der Waals surface area contributed by atoms with Gasteiger partial charge in [-0.3, -0.25) is 0 Å². The first-order valence-electron chi connectivity index (χ1n) is 6.85. The summed E-state index contributed by atoms with van der Waals surface area (Å²) in [5.74, 6) is 0.329. The van der Waals surface area contributed by atoms with E-state index < -0.39 is 12.0 Å². The third-order valence-corrected chi connectivity index (χ3v) is 4.23. The van der Waals surface area contributed by atoms with E-state index in [0.29, 0.717) is 12.3 Å². The van der Waals surface area contributed by atoms with Crippen molar-refractivity contribution in [3.63, 3.8) is 0 Å². The monoisotopic (exact) mass is 288 g/mol. The number of piperidine rings is 1. The summed E-state index contributed by atoms with van der Waals surface area (Å²) in [4.78, 5) is 24.9. The number of carboxylic acids is 1. The first-order chi connectivity index (χ1) is 9.08. The van der Waals surface area contributed by atoms with Gasteiger partial charge < -0.3 is 15.3 Å². The van der Waals surface area contributed by atoms with Crippen molar-refractivity contribution in [2.75, 3.05) is 25.1 Å². The van der Waals surface area contributed by atoms with Crippen LogP contribution in [0.5, 0.6) is 0 Å². The minimum Gasteiger partial charge on any atom is -0.480 e. The molecule has 2 amide bonds. The highest BCUT2D eigenvalue weighted by Crippen LogP contribution is 2.19. The number of carbonyl (C=O) groups excluding carboxylic acids is 1. The molecule has 1 rings (SSSR count). The van der Waals surface area contributed by atoms with Crippen LogP contribution in [0.25, 0.3) is 0 Å². The zero-order chi connectivity index (χ0) is 14.3. The molecule has 6 heteroatoms. The standard InChI is InChI=1S/C13H24N2O3S/c1-3-10-5-4-7-15(9-10)13(18)14-11(12(16)17)6-8-19-2/h10-11H,3-9H2,1-2H3,(H,14,18)(H,16,17)/t10?,11-/m0/s1. The fraction of sp³-hybridized carbons (Fsp3) is 0.846. The molecule has 19 heavy (non-hydrogen) atoms. The Morgan fingerprint density at radius 1 is 1.53 bits per heavy atom. The molecule has 0 bridgehead atoms. The summed E-state index contributed by atoms with van der Waals surface area (Å²) >= 11 is 1.59. The van der Waals surface area contributed by atoms with Crippen LogP contribution < -0.4 is 5.32 Å². The lowest BCUT2D eigenvalue weighted by molar-refractivity contribution is -0.139. The summed E-state index contributed by atoms with van der Waals surface area (Å²) in [5.41, 5.74) is 0. The van der Waals surface area contributed by atoms with Gasteiger partial charge in [-0.1, -0.05) is 13.3 Å². The predicted octanol–water partition coefficient (Wildman–Crippen LogP) is 2.02. The van der Waals surface area contributed by atoms with Crippen LogP contribution in [0, 0.1) is 5.92 Å². The lowest BCUT2D eigenvalue weighted by Gasteiger charge is -2.33. The van der Waals surface area contributed by atoms with E-state index in [-0.39, 0.29) is 6.03 Å². The Kier molecular flexibility index (Phi) is 7.05. The number of carbonyl (C=O) groups is 2. The van der Waals surface area contributed by atoms with Gasteiger partial charge in [0.2, 0.25) is 0 Å². The number of hydrogen-bond acceptors (Lipinski definition) is 3. The molecule has 110 valence electrons. The van der Waals surface area contributed by atoms with E-state index in [9.17, 15) is 9.59 Å². The van der Waals surface area contributed by atoms with E-state index in [2.05, 4.69) is 12.2 Å². The molecular weight excluding hydrogens is 264 g/mol. The average Bonchev–Trinajstić information content (AvgIpc) is 2.42. The van der Waals surface area contributed by atoms with Crippen LogP contribution in [0.2, 0.25) is 0 Å². The molecule has 1 saturated heterocycles. The van der Waals surface area contributed by atoms with Crippen molar-refractivity contribution in [3.8, 4) is 0 Å². The number of hydrogen-bond donors (Lipinski definition) is 2. The van der Waals surface area contributed by atoms with Crippen molar-refractivity contribution in [2.24, 2.45) is 5.92 Å². The highest BCUT2D eigenvalue weighted by atomic mass is 32.2. The lowest BCUT2D eigenvalue weighted by atomic mass is 9.96. The van der Waals surface area contributed by atoms with Crippen LogP contribution in [-0.2, 0) is 4.79 Å². The van der Waals surface area contributed by atoms with E-state index >= 15 is 0 Å². The molecule has 0 aromatic rings. The second-order valence-electron chi connectivity index (χ2n) is 4.98. The number of urea groups is 1. The van der Waals surface area contributed by atoms with E-state index in [1.54, 1.807) is 16.7 Å². The third-order valence-electron chi connectivity index (χ3n) is 3.59. The second-order valence-corrected chi connectivity index (χ2v) is 5.97. The lowest BCUT2D eigenvalue weighted by Crippen LogP contribution is -2.50. The molecule has 0 saturated carbocycles. The van der Waals surface area contributed by atoms with Crippen molar-refractivity contribution in [1.29, 1.82) is 0 Å². The zero-order valence-electron chi connectivity index (χ0n) is 11.7. The normalized spacial score (nSPS) is 20.9. The fourth-order valence-corrected chi connectivity index (χ4v) is 2.79. The van der Waals surface area contributed by atoms with Crippen LogP contribution in [0.1, 0.15) is 32.6 Å². The van der Waals surface area contributed by atoms with E-state index in [1.807, 2.05) is 6.26 Å². The Hall–Kier alpha value is -0.910. The Bertz CT molecular complexity index is 312. The van der Waals surface area contributed by atoms with Gasteiger partial charge in [0.25, 0.3) is 0 Å². The number of thioether (sulfide) groups is 1. The maximum Gasteiger partial charge on any atom is 0.326 e. The molecule has 0 radical (unpaired) electrons. The number of rotatable bonds is 6. The molecule has 1 aliphatic heterocycles. The zero-order valence-corrected chi connectivity index (χ0v) is 12.5. The Balaban J connectivity index is 2.48. The van der Waals surface area contributed by atoms with Gasteiger partial charge in [-0.05, 0) is 37.2 Å². The summed E-state index contributed by atoms with van der Waals surface area (Å²) in [6.45, 7) is 3.61. The average molecular weight is 288 g/mol. The molecular formula is C13H24N2O3S. The summed E-state index contributed by atoms with van der Waals surface area (Å²) < 4.78 is 0. The maximum atomic E-state index is 12.1. The predicted molar refractivity (Wildman–Crippen MR) is 77.5 cm³/mol. The fourth-order valence-electron chi connectivity index (χ4n) is 2.32. The van der Waals surface area contributed by atoms with Crippen molar-refractivity contribution >= 4 is 23.8 Å². The van der Waals surface area contributed by atoms with Gasteiger partial charge in [-0.2, -0.15) is 11.8 Å². The van der Waals surface area contributed by atoms with Crippen molar-refractivity contribution in [2.45, 2.75) is 38.6 Å². The molecule has 1 heterocycles. The van der Waals surface area contributed by atoms with Crippen molar-refractivity contribution < 1.29 is 14.7 Å². The molecule has 0 aliphatic carbocycles. The van der Waals surface area contributed by atoms with Gasteiger partial charge in [-0.15, -0.1) is 0 Å². The van der Waals surface area contributed by atoms with Gasteiger partial charge in [0.1, 0.15) is 6.04 Å². The molecule has 2 N–H and O–H groups in total. The van der Waals surface area contributed by atoms with E-state index in [4.69, 9.17) is 5.11 Å². The minimum atomic E-state index is -0.952. The molecule has 0 aromatic heterocycles. The number of aliphatic carboxylic acids is 1. The Labute approximate surface area is 119 Å². The van der Waals surface area contributed by atoms with Gasteiger partial charge in [0.15, 0.2) is 0 Å². The quantitative estimate of drug-likeness (QED) is 0.784. The number of nitrogens with one attached hydrogen (secondary N) is 1. The highest BCUT2D eigenvalue weighted by molar-refractivity contribution is 7.98. The highest BCUT2D eigenvalue weighted by Gasteiger charge is 2.26. The van der Waals surface area contributed by atoms with Crippen LogP contribution in [0.3, 0.4) is 0 Å². The summed E-state index contributed by atoms with van der Waals surface area (Å²) in [6.07, 6.45) is 5.63. The molecule has 1 aliphatic rings. The minimum absolute atomic E-state index is 0.230. The SMILES string of the molecule is CCC1CCCN(C(=O)N[C@@H](CCSC)C(=O)O)C1. The molecule has 1 fully saturated rings. The van der Waals surface area contributed by atoms with Crippen LogP contribution >= 0.6 is 11.8 Å². The van der Waals surface area contributed by atoms with Crippen molar-refractivity contribution in [3.05, 3.63) is 0 Å². The van der Waals surface area contributed by atoms with Gasteiger partial charge >= 0.3 is 12.0 Å². The Morgan fingerprint density at radius 3 is 2.84 bits per heavy atom. The topological polar surface area (TPSA) is 69.6 Å². The first kappa shape index (κ1) is 16.1. The first-order valence-corrected chi connectivity index (χ1v) is 8.25. The third kappa shape index (κ3) is 5.30. The Morgan fingerprint density at radius 2 is 2.26 bits per heavy atom. The van der Waals surface area contributed by atoms with E-state index in [0.717, 1.165) is 38.1 Å². The number of likely N-dealkylation sites (tertiary alicyclic amines) is 1. The number of carboxylic acid groups (broad SMARTS) is 1. The second kappa shape index (κ2) is 8.30. The van der Waals surface area contributed by atoms with Gasteiger partial charge in [0, 0.05) is 13.1 Å². The smallest absolute Gasteiger partial charge is 0.326 e. The van der Waals surface area contributed by atoms with Gasteiger partial charge in [-0.25, -0.2) is 9.59 Å². The van der Waals surface area contributed by atoms with Crippen LogP contribution in [0.15, 0.2) is 0 Å². The van der Waals surface area contributed by atoms with Crippen LogP contribution in [-0.4, -0.2) is 53.1 Å². The number of amides is 2. The molecule has 0 aromatic carbocycles. The summed E-state index contributed by atoms with van der Waals surface area (Å²) in [6, 6.07) is -1.01. The molecule has 5 nitrogen and oxygen atoms in total. The van der Waals surface area contributed by atoms with Crippen molar-refractivity contribution in [1.82, 2.24) is 10.2 Å². The van der Waals surface area contributed by atoms with Crippen LogP contribution in [0.4, 0.5) is 4.79 Å². The number of nitrogens with zero attached hydrogens (tertiary/aromatic N) is 1. The summed E-state index contributed by atoms with van der Waals surface area (Å²) in [7, 11) is 0. The van der Waals surface area contributed by atoms with Gasteiger partial charge in [0.05, 0.1) is 0 Å². The largest absolute Gasteiger partial charge is 0.480 e. The van der Waals surface area contributed by atoms with E-state index in [1.165, 1.54) is 0 Å². The summed E-state index contributed by atoms with van der Waals surface area (Å²) in [5, 5.41) is 11.7.